The van der Waals surface area contributed by atoms with Crippen molar-refractivity contribution in [2.45, 2.75) is 38.4 Å². The Morgan fingerprint density at radius 1 is 1.22 bits per heavy atom. The Hall–Kier alpha value is -2.66. The molecule has 0 saturated carbocycles. The molecule has 1 aliphatic heterocycles. The number of aromatic nitrogens is 2. The van der Waals surface area contributed by atoms with Gasteiger partial charge in [-0.3, -0.25) is 9.78 Å². The molecule has 0 bridgehead atoms. The van der Waals surface area contributed by atoms with Gasteiger partial charge in [-0.1, -0.05) is 24.3 Å². The maximum Gasteiger partial charge on any atom is 0.222 e. The highest BCUT2D eigenvalue weighted by Gasteiger charge is 2.24. The Morgan fingerprint density at radius 3 is 3.00 bits per heavy atom. The number of carbonyl (C=O) groups is 1. The van der Waals surface area contributed by atoms with Crippen LogP contribution >= 0.6 is 0 Å². The van der Waals surface area contributed by atoms with E-state index >= 15 is 0 Å². The summed E-state index contributed by atoms with van der Waals surface area (Å²) in [7, 11) is 0. The molecule has 3 heterocycles. The van der Waals surface area contributed by atoms with Crippen molar-refractivity contribution in [2.75, 3.05) is 13.1 Å². The van der Waals surface area contributed by atoms with Crippen LogP contribution < -0.4 is 0 Å². The number of hydrogen-bond acceptors (Lipinski definition) is 3. The molecule has 4 rings (SSSR count). The summed E-state index contributed by atoms with van der Waals surface area (Å²) in [6, 6.07) is 14.1. The molecule has 27 heavy (non-hydrogen) atoms. The van der Waals surface area contributed by atoms with E-state index in [4.69, 9.17) is 4.74 Å². The van der Waals surface area contributed by atoms with Gasteiger partial charge in [0.15, 0.2) is 0 Å². The van der Waals surface area contributed by atoms with E-state index in [1.165, 1.54) is 10.9 Å². The fourth-order valence-corrected chi connectivity index (χ4v) is 3.73. The highest BCUT2D eigenvalue weighted by atomic mass is 16.5. The quantitative estimate of drug-likeness (QED) is 0.726. The van der Waals surface area contributed by atoms with Crippen molar-refractivity contribution >= 4 is 16.8 Å². The predicted octanol–water partition coefficient (Wildman–Crippen LogP) is 3.70. The first-order valence-electron chi connectivity index (χ1n) is 9.64. The van der Waals surface area contributed by atoms with E-state index in [-0.39, 0.29) is 12.0 Å². The molecule has 1 aromatic carbocycles. The Labute approximate surface area is 159 Å². The monoisotopic (exact) mass is 363 g/mol. The number of rotatable bonds is 6. The summed E-state index contributed by atoms with van der Waals surface area (Å²) in [5.41, 5.74) is 3.26. The van der Waals surface area contributed by atoms with Crippen LogP contribution in [0, 0.1) is 0 Å². The van der Waals surface area contributed by atoms with Crippen LogP contribution in [0.15, 0.2) is 54.9 Å². The summed E-state index contributed by atoms with van der Waals surface area (Å²) in [5, 5.41) is 1.21. The lowest BCUT2D eigenvalue weighted by Crippen LogP contribution is -2.43. The van der Waals surface area contributed by atoms with E-state index in [9.17, 15) is 4.79 Å². The number of nitrogens with one attached hydrogen (secondary N) is 1. The minimum absolute atomic E-state index is 0.0952. The first-order valence-corrected chi connectivity index (χ1v) is 9.64. The number of aryl methyl sites for hydroxylation is 1. The SMILES string of the molecule is O=C(CCc1c[nH]c2ccccc12)N1CCC[C@H](OCc2ccccn2)C1. The summed E-state index contributed by atoms with van der Waals surface area (Å²) in [6.45, 7) is 2.01. The van der Waals surface area contributed by atoms with Crippen molar-refractivity contribution in [2.24, 2.45) is 0 Å². The van der Waals surface area contributed by atoms with Crippen LogP contribution in [0.1, 0.15) is 30.5 Å². The van der Waals surface area contributed by atoms with E-state index in [1.54, 1.807) is 6.20 Å². The van der Waals surface area contributed by atoms with Crippen LogP contribution in [0.2, 0.25) is 0 Å². The summed E-state index contributed by atoms with van der Waals surface area (Å²) < 4.78 is 6.00. The van der Waals surface area contributed by atoms with Gasteiger partial charge in [-0.25, -0.2) is 0 Å². The smallest absolute Gasteiger partial charge is 0.222 e. The van der Waals surface area contributed by atoms with Crippen molar-refractivity contribution in [3.8, 4) is 0 Å². The fourth-order valence-electron chi connectivity index (χ4n) is 3.73. The number of para-hydroxylation sites is 1. The molecule has 1 N–H and O–H groups in total. The number of nitrogens with zero attached hydrogens (tertiary/aromatic N) is 2. The molecule has 3 aromatic rings. The summed E-state index contributed by atoms with van der Waals surface area (Å²) in [6.07, 6.45) is 7.18. The number of likely N-dealkylation sites (tertiary alicyclic amines) is 1. The number of ether oxygens (including phenoxy) is 1. The van der Waals surface area contributed by atoms with Crippen LogP contribution in [-0.2, 0) is 22.6 Å². The zero-order valence-corrected chi connectivity index (χ0v) is 15.4. The lowest BCUT2D eigenvalue weighted by atomic mass is 10.1. The third kappa shape index (κ3) is 4.37. The van der Waals surface area contributed by atoms with Gasteiger partial charge < -0.3 is 14.6 Å². The number of carbonyl (C=O) groups excluding carboxylic acids is 1. The molecule has 1 amide bonds. The molecule has 1 aliphatic rings. The largest absolute Gasteiger partial charge is 0.370 e. The molecular formula is C22H25N3O2. The molecule has 5 heteroatoms. The van der Waals surface area contributed by atoms with Crippen molar-refractivity contribution in [1.82, 2.24) is 14.9 Å². The standard InChI is InChI=1S/C22H25N3O2/c26-22(11-10-17-14-24-21-9-2-1-8-20(17)21)25-13-5-7-19(15-25)27-16-18-6-3-4-12-23-18/h1-4,6,8-9,12,14,19,24H,5,7,10-11,13,15-16H2/t19-/m0/s1. The van der Waals surface area contributed by atoms with Crippen molar-refractivity contribution in [3.63, 3.8) is 0 Å². The second kappa shape index (κ2) is 8.35. The van der Waals surface area contributed by atoms with E-state index in [1.807, 2.05) is 41.4 Å². The number of benzene rings is 1. The highest BCUT2D eigenvalue weighted by molar-refractivity contribution is 5.84. The normalized spacial score (nSPS) is 17.3. The number of hydrogen-bond donors (Lipinski definition) is 1. The number of amides is 1. The Balaban J connectivity index is 1.29. The van der Waals surface area contributed by atoms with Gasteiger partial charge in [-0.05, 0) is 43.0 Å². The van der Waals surface area contributed by atoms with E-state index in [0.717, 1.165) is 37.0 Å². The zero-order chi connectivity index (χ0) is 18.5. The lowest BCUT2D eigenvalue weighted by Gasteiger charge is -2.32. The average molecular weight is 363 g/mol. The van der Waals surface area contributed by atoms with Crippen molar-refractivity contribution < 1.29 is 9.53 Å². The van der Waals surface area contributed by atoms with Crippen molar-refractivity contribution in [3.05, 3.63) is 66.1 Å². The number of piperidine rings is 1. The van der Waals surface area contributed by atoms with E-state index in [2.05, 4.69) is 22.1 Å². The molecule has 0 unspecified atom stereocenters. The van der Waals surface area contributed by atoms with Gasteiger partial charge in [0, 0.05) is 42.8 Å². The van der Waals surface area contributed by atoms with E-state index < -0.39 is 0 Å². The molecule has 5 nitrogen and oxygen atoms in total. The molecule has 1 fully saturated rings. The Bertz CT molecular complexity index is 891. The molecule has 2 aromatic heterocycles. The lowest BCUT2D eigenvalue weighted by molar-refractivity contribution is -0.135. The van der Waals surface area contributed by atoms with Crippen LogP contribution in [0.3, 0.4) is 0 Å². The highest BCUT2D eigenvalue weighted by Crippen LogP contribution is 2.20. The van der Waals surface area contributed by atoms with Crippen LogP contribution in [-0.4, -0.2) is 40.0 Å². The first kappa shape index (κ1) is 17.7. The second-order valence-corrected chi connectivity index (χ2v) is 7.10. The Morgan fingerprint density at radius 2 is 2.11 bits per heavy atom. The van der Waals surface area contributed by atoms with Gasteiger partial charge in [-0.15, -0.1) is 0 Å². The van der Waals surface area contributed by atoms with Gasteiger partial charge in [0.05, 0.1) is 18.4 Å². The first-order chi connectivity index (χ1) is 13.3. The number of aromatic amines is 1. The Kier molecular flexibility index (Phi) is 5.49. The van der Waals surface area contributed by atoms with Gasteiger partial charge in [0.25, 0.3) is 0 Å². The minimum Gasteiger partial charge on any atom is -0.370 e. The average Bonchev–Trinajstić information content (AvgIpc) is 3.15. The van der Waals surface area contributed by atoms with E-state index in [0.29, 0.717) is 19.6 Å². The van der Waals surface area contributed by atoms with Gasteiger partial charge in [0.1, 0.15) is 0 Å². The second-order valence-electron chi connectivity index (χ2n) is 7.10. The number of H-pyrrole nitrogens is 1. The summed E-state index contributed by atoms with van der Waals surface area (Å²) in [4.78, 5) is 22.2. The maximum atomic E-state index is 12.7. The maximum absolute atomic E-state index is 12.7. The summed E-state index contributed by atoms with van der Waals surface area (Å²) >= 11 is 0. The fraction of sp³-hybridized carbons (Fsp3) is 0.364. The van der Waals surface area contributed by atoms with Crippen molar-refractivity contribution in [1.29, 1.82) is 0 Å². The molecule has 0 aliphatic carbocycles. The van der Waals surface area contributed by atoms with Gasteiger partial charge >= 0.3 is 0 Å². The molecule has 0 radical (unpaired) electrons. The van der Waals surface area contributed by atoms with Gasteiger partial charge in [0.2, 0.25) is 5.91 Å². The minimum atomic E-state index is 0.0952. The third-order valence-electron chi connectivity index (χ3n) is 5.21. The molecule has 0 spiro atoms. The topological polar surface area (TPSA) is 58.2 Å². The summed E-state index contributed by atoms with van der Waals surface area (Å²) in [5.74, 6) is 0.214. The molecule has 1 saturated heterocycles. The molecular weight excluding hydrogens is 338 g/mol. The van der Waals surface area contributed by atoms with Crippen LogP contribution in [0.5, 0.6) is 0 Å². The van der Waals surface area contributed by atoms with Crippen LogP contribution in [0.4, 0.5) is 0 Å². The number of pyridine rings is 1. The predicted molar refractivity (Wildman–Crippen MR) is 105 cm³/mol. The molecule has 1 atom stereocenters. The zero-order valence-electron chi connectivity index (χ0n) is 15.4. The molecule has 140 valence electrons. The van der Waals surface area contributed by atoms with Gasteiger partial charge in [-0.2, -0.15) is 0 Å². The number of fused-ring (bicyclic) bond motifs is 1. The third-order valence-corrected chi connectivity index (χ3v) is 5.21. The van der Waals surface area contributed by atoms with Crippen LogP contribution in [0.25, 0.3) is 10.9 Å².